The van der Waals surface area contributed by atoms with Gasteiger partial charge in [0.05, 0.1) is 0 Å². The number of benzene rings is 1. The zero-order chi connectivity index (χ0) is 16.2. The third-order valence-electron chi connectivity index (χ3n) is 3.91. The van der Waals surface area contributed by atoms with Gasteiger partial charge in [0.15, 0.2) is 6.61 Å². The van der Waals surface area contributed by atoms with Gasteiger partial charge in [-0.2, -0.15) is 0 Å². The van der Waals surface area contributed by atoms with Gasteiger partial charge in [0, 0.05) is 31.0 Å². The number of likely N-dealkylation sites (tertiary alicyclic amines) is 1. The van der Waals surface area contributed by atoms with Crippen LogP contribution in [0.4, 0.5) is 0 Å². The van der Waals surface area contributed by atoms with Crippen LogP contribution in [0.2, 0.25) is 5.02 Å². The van der Waals surface area contributed by atoms with Gasteiger partial charge in [-0.05, 0) is 37.1 Å². The number of carbonyl (C=O) groups is 1. The van der Waals surface area contributed by atoms with Crippen molar-refractivity contribution in [3.05, 3.63) is 41.1 Å². The maximum Gasteiger partial charge on any atom is 0.260 e. The van der Waals surface area contributed by atoms with Gasteiger partial charge in [-0.3, -0.25) is 4.79 Å². The Balaban J connectivity index is 1.47. The molecule has 0 atom stereocenters. The smallest absolute Gasteiger partial charge is 0.260 e. The summed E-state index contributed by atoms with van der Waals surface area (Å²) in [6.07, 6.45) is 1.66. The molecule has 1 fully saturated rings. The van der Waals surface area contributed by atoms with Gasteiger partial charge >= 0.3 is 0 Å². The van der Waals surface area contributed by atoms with Crippen LogP contribution in [0.15, 0.2) is 28.7 Å². The molecule has 1 aromatic heterocycles. The van der Waals surface area contributed by atoms with Crippen LogP contribution in [0.5, 0.6) is 5.75 Å². The average Bonchev–Trinajstić information content (AvgIpc) is 3.01. The molecule has 0 unspecified atom stereocenters. The van der Waals surface area contributed by atoms with E-state index in [0.29, 0.717) is 35.6 Å². The molecule has 0 N–H and O–H groups in total. The number of halogens is 1. The summed E-state index contributed by atoms with van der Waals surface area (Å²) in [6, 6.07) is 6.97. The molecule has 122 valence electrons. The fraction of sp³-hybridized carbons (Fsp3) is 0.438. The van der Waals surface area contributed by atoms with E-state index in [9.17, 15) is 4.79 Å². The molecule has 3 rings (SSSR count). The zero-order valence-corrected chi connectivity index (χ0v) is 13.6. The monoisotopic (exact) mass is 335 g/mol. The van der Waals surface area contributed by atoms with Crippen LogP contribution in [0.1, 0.15) is 30.5 Å². The van der Waals surface area contributed by atoms with Crippen molar-refractivity contribution in [1.82, 2.24) is 15.1 Å². The summed E-state index contributed by atoms with van der Waals surface area (Å²) >= 11 is 5.81. The highest BCUT2D eigenvalue weighted by Gasteiger charge is 2.27. The van der Waals surface area contributed by atoms with E-state index in [0.717, 1.165) is 12.8 Å². The van der Waals surface area contributed by atoms with Crippen molar-refractivity contribution in [2.45, 2.75) is 25.7 Å². The lowest BCUT2D eigenvalue weighted by atomic mass is 9.97. The van der Waals surface area contributed by atoms with Gasteiger partial charge in [-0.25, -0.2) is 0 Å². The number of hydrogen-bond acceptors (Lipinski definition) is 5. The lowest BCUT2D eigenvalue weighted by molar-refractivity contribution is -0.134. The number of aryl methyl sites for hydroxylation is 1. The number of rotatable bonds is 4. The van der Waals surface area contributed by atoms with Crippen molar-refractivity contribution in [3.8, 4) is 5.75 Å². The second kappa shape index (κ2) is 7.00. The molecule has 0 spiro atoms. The molecule has 0 saturated carbocycles. The maximum atomic E-state index is 12.2. The first-order valence-electron chi connectivity index (χ1n) is 7.58. The number of hydrogen-bond donors (Lipinski definition) is 0. The summed E-state index contributed by atoms with van der Waals surface area (Å²) in [7, 11) is 0. The van der Waals surface area contributed by atoms with Crippen LogP contribution in [-0.2, 0) is 4.79 Å². The largest absolute Gasteiger partial charge is 0.484 e. The number of amides is 1. The number of carbonyl (C=O) groups excluding carboxylic acids is 1. The Kier molecular flexibility index (Phi) is 4.81. The molecule has 1 aliphatic heterocycles. The van der Waals surface area contributed by atoms with E-state index >= 15 is 0 Å². The molecule has 23 heavy (non-hydrogen) atoms. The third-order valence-corrected chi connectivity index (χ3v) is 4.17. The highest BCUT2D eigenvalue weighted by atomic mass is 35.5. The Morgan fingerprint density at radius 1 is 1.30 bits per heavy atom. The van der Waals surface area contributed by atoms with Gasteiger partial charge in [0.25, 0.3) is 5.91 Å². The predicted octanol–water partition coefficient (Wildman–Crippen LogP) is 2.82. The van der Waals surface area contributed by atoms with Gasteiger partial charge in [0.2, 0.25) is 11.8 Å². The topological polar surface area (TPSA) is 68.5 Å². The molecular formula is C16H18ClN3O3. The first-order valence-corrected chi connectivity index (χ1v) is 7.96. The van der Waals surface area contributed by atoms with Crippen molar-refractivity contribution in [3.63, 3.8) is 0 Å². The first-order chi connectivity index (χ1) is 11.1. The molecule has 1 amide bonds. The lowest BCUT2D eigenvalue weighted by Gasteiger charge is -2.30. The quantitative estimate of drug-likeness (QED) is 0.859. The molecule has 7 heteroatoms. The molecule has 1 aliphatic rings. The highest BCUT2D eigenvalue weighted by molar-refractivity contribution is 6.30. The lowest BCUT2D eigenvalue weighted by Crippen LogP contribution is -2.40. The Labute approximate surface area is 139 Å². The maximum absolute atomic E-state index is 12.2. The molecule has 2 aromatic rings. The first kappa shape index (κ1) is 15.8. The number of aromatic nitrogens is 2. The van der Waals surface area contributed by atoms with Crippen LogP contribution >= 0.6 is 11.6 Å². The summed E-state index contributed by atoms with van der Waals surface area (Å²) in [5.41, 5.74) is 0. The Bertz CT molecular complexity index is 663. The average molecular weight is 336 g/mol. The van der Waals surface area contributed by atoms with Crippen LogP contribution in [0.3, 0.4) is 0 Å². The number of nitrogens with zero attached hydrogens (tertiary/aromatic N) is 3. The summed E-state index contributed by atoms with van der Waals surface area (Å²) in [5, 5.41) is 8.57. The van der Waals surface area contributed by atoms with Crippen molar-refractivity contribution in [2.24, 2.45) is 0 Å². The van der Waals surface area contributed by atoms with E-state index in [1.807, 2.05) is 4.90 Å². The molecule has 0 bridgehead atoms. The Morgan fingerprint density at radius 2 is 2.00 bits per heavy atom. The fourth-order valence-corrected chi connectivity index (χ4v) is 2.75. The van der Waals surface area contributed by atoms with Crippen LogP contribution in [-0.4, -0.2) is 40.7 Å². The van der Waals surface area contributed by atoms with Crippen molar-refractivity contribution >= 4 is 17.5 Å². The highest BCUT2D eigenvalue weighted by Crippen LogP contribution is 2.27. The second-order valence-corrected chi connectivity index (χ2v) is 5.99. The van der Waals surface area contributed by atoms with E-state index in [2.05, 4.69) is 10.2 Å². The van der Waals surface area contributed by atoms with Gasteiger partial charge in [-0.15, -0.1) is 10.2 Å². The fourth-order valence-electron chi connectivity index (χ4n) is 2.62. The van der Waals surface area contributed by atoms with E-state index < -0.39 is 0 Å². The molecule has 0 aliphatic carbocycles. The van der Waals surface area contributed by atoms with Gasteiger partial charge < -0.3 is 14.1 Å². The van der Waals surface area contributed by atoms with E-state index in [1.165, 1.54) is 0 Å². The molecule has 1 saturated heterocycles. The minimum absolute atomic E-state index is 0.0138. The van der Waals surface area contributed by atoms with Crippen molar-refractivity contribution < 1.29 is 13.9 Å². The standard InChI is InChI=1S/C16H18ClN3O3/c1-11-18-19-16(23-11)12-6-8-20(9-7-12)15(21)10-22-14-4-2-13(17)3-5-14/h2-5,12H,6-10H2,1H3. The Hall–Kier alpha value is -2.08. The van der Waals surface area contributed by atoms with Crippen LogP contribution in [0.25, 0.3) is 0 Å². The van der Waals surface area contributed by atoms with Gasteiger partial charge in [-0.1, -0.05) is 11.6 Å². The third kappa shape index (κ3) is 4.01. The Morgan fingerprint density at radius 3 is 2.61 bits per heavy atom. The normalized spacial score (nSPS) is 15.7. The minimum atomic E-state index is -0.0138. The minimum Gasteiger partial charge on any atom is -0.484 e. The number of ether oxygens (including phenoxy) is 1. The summed E-state index contributed by atoms with van der Waals surface area (Å²) in [4.78, 5) is 14.0. The van der Waals surface area contributed by atoms with E-state index in [4.69, 9.17) is 20.8 Å². The number of piperidine rings is 1. The summed E-state index contributed by atoms with van der Waals surface area (Å²) in [5.74, 6) is 2.11. The van der Waals surface area contributed by atoms with Crippen molar-refractivity contribution in [1.29, 1.82) is 0 Å². The van der Waals surface area contributed by atoms with Crippen LogP contribution in [0, 0.1) is 6.92 Å². The summed E-state index contributed by atoms with van der Waals surface area (Å²) in [6.45, 7) is 3.17. The van der Waals surface area contributed by atoms with Crippen LogP contribution < -0.4 is 4.74 Å². The van der Waals surface area contributed by atoms with E-state index in [-0.39, 0.29) is 18.4 Å². The summed E-state index contributed by atoms with van der Waals surface area (Å²) < 4.78 is 11.0. The predicted molar refractivity (Wildman–Crippen MR) is 84.5 cm³/mol. The molecule has 1 aromatic carbocycles. The molecule has 6 nitrogen and oxygen atoms in total. The second-order valence-electron chi connectivity index (χ2n) is 5.56. The van der Waals surface area contributed by atoms with Gasteiger partial charge in [0.1, 0.15) is 5.75 Å². The zero-order valence-electron chi connectivity index (χ0n) is 12.9. The molecule has 2 heterocycles. The van der Waals surface area contributed by atoms with Crippen molar-refractivity contribution in [2.75, 3.05) is 19.7 Å². The SMILES string of the molecule is Cc1nnc(C2CCN(C(=O)COc3ccc(Cl)cc3)CC2)o1. The molecule has 0 radical (unpaired) electrons. The molecular weight excluding hydrogens is 318 g/mol. The van der Waals surface area contributed by atoms with E-state index in [1.54, 1.807) is 31.2 Å².